The zero-order chi connectivity index (χ0) is 21.0. The number of esters is 1. The fourth-order valence-electron chi connectivity index (χ4n) is 2.87. The normalized spacial score (nSPS) is 10.8. The second kappa shape index (κ2) is 8.64. The van der Waals surface area contributed by atoms with Gasteiger partial charge in [-0.2, -0.15) is 13.9 Å². The van der Waals surface area contributed by atoms with Gasteiger partial charge < -0.3 is 9.47 Å². The fraction of sp³-hybridized carbons (Fsp3) is 0.190. The Kier molecular flexibility index (Phi) is 6.01. The molecule has 0 amide bonds. The molecule has 0 aliphatic rings. The molecule has 0 N–H and O–H groups in total. The lowest BCUT2D eigenvalue weighted by Gasteiger charge is -2.07. The number of carbonyl (C=O) groups excluding carboxylic acids is 2. The van der Waals surface area contributed by atoms with Crippen molar-refractivity contribution in [2.24, 2.45) is 0 Å². The molecule has 0 bridgehead atoms. The number of nitrogens with zero attached hydrogens (tertiary/aromatic N) is 2. The highest BCUT2D eigenvalue weighted by Crippen LogP contribution is 2.19. The van der Waals surface area contributed by atoms with E-state index in [4.69, 9.17) is 4.74 Å². The number of aryl methyl sites for hydroxylation is 1. The van der Waals surface area contributed by atoms with Crippen LogP contribution in [0.3, 0.4) is 0 Å². The van der Waals surface area contributed by atoms with Gasteiger partial charge in [0.15, 0.2) is 12.4 Å². The predicted molar refractivity (Wildman–Crippen MR) is 101 cm³/mol. The van der Waals surface area contributed by atoms with Crippen molar-refractivity contribution in [3.63, 3.8) is 0 Å². The summed E-state index contributed by atoms with van der Waals surface area (Å²) in [5, 5.41) is 4.38. The van der Waals surface area contributed by atoms with Crippen molar-refractivity contribution in [2.75, 3.05) is 6.61 Å². The maximum absolute atomic E-state index is 12.5. The lowest BCUT2D eigenvalue weighted by atomic mass is 10.1. The van der Waals surface area contributed by atoms with Gasteiger partial charge in [-0.3, -0.25) is 4.79 Å². The van der Waals surface area contributed by atoms with Crippen LogP contribution in [-0.4, -0.2) is 34.8 Å². The predicted octanol–water partition coefficient (Wildman–Crippen LogP) is 4.13. The van der Waals surface area contributed by atoms with Crippen molar-refractivity contribution < 1.29 is 27.8 Å². The first-order valence-corrected chi connectivity index (χ1v) is 8.73. The molecule has 0 spiro atoms. The van der Waals surface area contributed by atoms with Gasteiger partial charge in [0.1, 0.15) is 11.3 Å². The Labute approximate surface area is 165 Å². The van der Waals surface area contributed by atoms with Crippen LogP contribution in [0.1, 0.15) is 32.1 Å². The molecule has 3 rings (SSSR count). The number of halogens is 2. The van der Waals surface area contributed by atoms with Crippen LogP contribution in [0.15, 0.2) is 54.6 Å². The lowest BCUT2D eigenvalue weighted by Crippen LogP contribution is -2.15. The molecule has 6 nitrogen and oxygen atoms in total. The minimum absolute atomic E-state index is 0.0619. The lowest BCUT2D eigenvalue weighted by molar-refractivity contribution is -0.0498. The minimum Gasteiger partial charge on any atom is -0.454 e. The van der Waals surface area contributed by atoms with Gasteiger partial charge in [-0.05, 0) is 50.2 Å². The highest BCUT2D eigenvalue weighted by molar-refractivity contribution is 5.99. The third-order valence-corrected chi connectivity index (χ3v) is 4.23. The SMILES string of the molecule is Cc1nn(-c2ccccc2)c(C)c1C(=O)OCC(=O)c1ccc(OC(F)F)cc1. The number of ether oxygens (including phenoxy) is 2. The molecule has 0 saturated carbocycles. The zero-order valence-corrected chi connectivity index (χ0v) is 15.8. The van der Waals surface area contributed by atoms with Gasteiger partial charge >= 0.3 is 12.6 Å². The molecule has 0 atom stereocenters. The number of para-hydroxylation sites is 1. The number of benzene rings is 2. The van der Waals surface area contributed by atoms with Gasteiger partial charge in [-0.15, -0.1) is 0 Å². The number of rotatable bonds is 7. The quantitative estimate of drug-likeness (QED) is 0.441. The average Bonchev–Trinajstić information content (AvgIpc) is 3.01. The smallest absolute Gasteiger partial charge is 0.387 e. The molecule has 0 fully saturated rings. The molecule has 150 valence electrons. The largest absolute Gasteiger partial charge is 0.454 e. The summed E-state index contributed by atoms with van der Waals surface area (Å²) in [5.74, 6) is -1.19. The summed E-state index contributed by atoms with van der Waals surface area (Å²) in [6.45, 7) is 0.00373. The van der Waals surface area contributed by atoms with Crippen LogP contribution in [0, 0.1) is 13.8 Å². The van der Waals surface area contributed by atoms with E-state index in [0.29, 0.717) is 17.0 Å². The summed E-state index contributed by atoms with van der Waals surface area (Å²) in [5.41, 5.74) is 2.39. The molecule has 0 aliphatic carbocycles. The molecule has 0 saturated heterocycles. The van der Waals surface area contributed by atoms with Gasteiger partial charge in [-0.25, -0.2) is 9.48 Å². The number of aromatic nitrogens is 2. The Bertz CT molecular complexity index is 1020. The molecule has 1 heterocycles. The third-order valence-electron chi connectivity index (χ3n) is 4.23. The van der Waals surface area contributed by atoms with Crippen molar-refractivity contribution >= 4 is 11.8 Å². The van der Waals surface area contributed by atoms with Crippen LogP contribution in [0.2, 0.25) is 0 Å². The van der Waals surface area contributed by atoms with Crippen molar-refractivity contribution in [1.82, 2.24) is 9.78 Å². The summed E-state index contributed by atoms with van der Waals surface area (Å²) in [6, 6.07) is 14.5. The van der Waals surface area contributed by atoms with Gasteiger partial charge in [0.25, 0.3) is 0 Å². The zero-order valence-electron chi connectivity index (χ0n) is 15.8. The standard InChI is InChI=1S/C21H18F2N2O4/c1-13-19(14(2)25(24-13)16-6-4-3-5-7-16)20(27)28-12-18(26)15-8-10-17(11-9-15)29-21(22)23/h3-11,21H,12H2,1-2H3. The Hall–Kier alpha value is -3.55. The number of hydrogen-bond donors (Lipinski definition) is 0. The molecule has 2 aromatic carbocycles. The van der Waals surface area contributed by atoms with E-state index in [1.807, 2.05) is 30.3 Å². The van der Waals surface area contributed by atoms with E-state index in [1.165, 1.54) is 24.3 Å². The highest BCUT2D eigenvalue weighted by Gasteiger charge is 2.22. The number of hydrogen-bond acceptors (Lipinski definition) is 5. The van der Waals surface area contributed by atoms with E-state index in [2.05, 4.69) is 9.84 Å². The molecular formula is C21H18F2N2O4. The summed E-state index contributed by atoms with van der Waals surface area (Å²) in [6.07, 6.45) is 0. The van der Waals surface area contributed by atoms with Gasteiger partial charge in [0, 0.05) is 5.56 Å². The van der Waals surface area contributed by atoms with Crippen molar-refractivity contribution in [2.45, 2.75) is 20.5 Å². The van der Waals surface area contributed by atoms with Crippen molar-refractivity contribution in [3.05, 3.63) is 77.1 Å². The Morgan fingerprint density at radius 1 is 1.03 bits per heavy atom. The molecule has 8 heteroatoms. The van der Waals surface area contributed by atoms with E-state index in [-0.39, 0.29) is 11.3 Å². The Balaban J connectivity index is 1.68. The van der Waals surface area contributed by atoms with E-state index < -0.39 is 25.0 Å². The van der Waals surface area contributed by atoms with E-state index in [9.17, 15) is 18.4 Å². The van der Waals surface area contributed by atoms with Crippen LogP contribution in [0.25, 0.3) is 5.69 Å². The van der Waals surface area contributed by atoms with Gasteiger partial charge in [-0.1, -0.05) is 18.2 Å². The van der Waals surface area contributed by atoms with Crippen LogP contribution in [0.5, 0.6) is 5.75 Å². The van der Waals surface area contributed by atoms with Crippen LogP contribution in [-0.2, 0) is 4.74 Å². The molecular weight excluding hydrogens is 382 g/mol. The second-order valence-corrected chi connectivity index (χ2v) is 6.20. The monoisotopic (exact) mass is 400 g/mol. The molecule has 1 aromatic heterocycles. The molecule has 0 unspecified atom stereocenters. The van der Waals surface area contributed by atoms with Crippen LogP contribution >= 0.6 is 0 Å². The van der Waals surface area contributed by atoms with E-state index >= 15 is 0 Å². The molecule has 29 heavy (non-hydrogen) atoms. The summed E-state index contributed by atoms with van der Waals surface area (Å²) >= 11 is 0. The molecule has 3 aromatic rings. The molecule has 0 aliphatic heterocycles. The number of ketones is 1. The average molecular weight is 400 g/mol. The Morgan fingerprint density at radius 2 is 1.69 bits per heavy atom. The second-order valence-electron chi connectivity index (χ2n) is 6.20. The highest BCUT2D eigenvalue weighted by atomic mass is 19.3. The number of Topliss-reactive ketones (excluding diaryl/α,β-unsaturated/α-hetero) is 1. The molecule has 0 radical (unpaired) electrons. The maximum Gasteiger partial charge on any atom is 0.387 e. The summed E-state index contributed by atoms with van der Waals surface area (Å²) in [7, 11) is 0. The summed E-state index contributed by atoms with van der Waals surface area (Å²) in [4.78, 5) is 24.7. The first-order valence-electron chi connectivity index (χ1n) is 8.73. The number of carbonyl (C=O) groups is 2. The van der Waals surface area contributed by atoms with Crippen LogP contribution < -0.4 is 4.74 Å². The number of alkyl halides is 2. The van der Waals surface area contributed by atoms with Crippen molar-refractivity contribution in [1.29, 1.82) is 0 Å². The first kappa shape index (κ1) is 20.2. The Morgan fingerprint density at radius 3 is 2.31 bits per heavy atom. The van der Waals surface area contributed by atoms with E-state index in [1.54, 1.807) is 18.5 Å². The van der Waals surface area contributed by atoms with Crippen LogP contribution in [0.4, 0.5) is 8.78 Å². The maximum atomic E-state index is 12.5. The van der Waals surface area contributed by atoms with Crippen molar-refractivity contribution in [3.8, 4) is 11.4 Å². The topological polar surface area (TPSA) is 70.4 Å². The fourth-order valence-corrected chi connectivity index (χ4v) is 2.87. The first-order chi connectivity index (χ1) is 13.9. The van der Waals surface area contributed by atoms with Gasteiger partial charge in [0.05, 0.1) is 17.1 Å². The summed E-state index contributed by atoms with van der Waals surface area (Å²) < 4.78 is 35.4. The third kappa shape index (κ3) is 4.66. The van der Waals surface area contributed by atoms with E-state index in [0.717, 1.165) is 5.69 Å². The van der Waals surface area contributed by atoms with Gasteiger partial charge in [0.2, 0.25) is 0 Å². The minimum atomic E-state index is -2.94.